The Kier molecular flexibility index (Phi) is 7.08. The Morgan fingerprint density at radius 3 is 2.38 bits per heavy atom. The molecule has 0 saturated carbocycles. The van der Waals surface area contributed by atoms with Crippen molar-refractivity contribution in [2.45, 2.75) is 5.16 Å². The number of nitrogens with one attached hydrogen (secondary N) is 1. The first-order valence-corrected chi connectivity index (χ1v) is 14.0. The average molecular weight is 556 g/mol. The molecular formula is C30H29N5O4S. The van der Waals surface area contributed by atoms with Crippen LogP contribution in [0, 0.1) is 0 Å². The van der Waals surface area contributed by atoms with Gasteiger partial charge in [-0.3, -0.25) is 14.2 Å². The molecule has 2 aromatic heterocycles. The summed E-state index contributed by atoms with van der Waals surface area (Å²) in [4.78, 5) is 39.5. The topological polar surface area (TPSA) is 92.7 Å². The Morgan fingerprint density at radius 1 is 0.900 bits per heavy atom. The van der Waals surface area contributed by atoms with Crippen LogP contribution in [0.1, 0.15) is 0 Å². The number of aromatic amines is 1. The molecule has 204 valence electrons. The van der Waals surface area contributed by atoms with Gasteiger partial charge in [0.1, 0.15) is 11.0 Å². The van der Waals surface area contributed by atoms with Gasteiger partial charge in [0.2, 0.25) is 5.91 Å². The van der Waals surface area contributed by atoms with E-state index >= 15 is 0 Å². The highest BCUT2D eigenvalue weighted by Gasteiger charge is 2.23. The molecule has 6 rings (SSSR count). The summed E-state index contributed by atoms with van der Waals surface area (Å²) in [5, 5.41) is 1.30. The van der Waals surface area contributed by atoms with Gasteiger partial charge in [-0.05, 0) is 30.3 Å². The van der Waals surface area contributed by atoms with E-state index in [-0.39, 0.29) is 17.2 Å². The van der Waals surface area contributed by atoms with Crippen LogP contribution in [-0.4, -0.2) is 71.5 Å². The summed E-state index contributed by atoms with van der Waals surface area (Å²) in [6.45, 7) is 2.84. The lowest BCUT2D eigenvalue weighted by Gasteiger charge is -2.36. The van der Waals surface area contributed by atoms with Gasteiger partial charge >= 0.3 is 0 Å². The van der Waals surface area contributed by atoms with Crippen molar-refractivity contribution in [2.75, 3.05) is 51.1 Å². The van der Waals surface area contributed by atoms with Crippen molar-refractivity contribution in [2.24, 2.45) is 0 Å². The van der Waals surface area contributed by atoms with E-state index in [0.29, 0.717) is 46.5 Å². The monoisotopic (exact) mass is 555 g/mol. The van der Waals surface area contributed by atoms with Crippen LogP contribution >= 0.6 is 11.8 Å². The molecule has 1 N–H and O–H groups in total. The van der Waals surface area contributed by atoms with Crippen LogP contribution in [0.4, 0.5) is 5.69 Å². The normalized spacial score (nSPS) is 13.7. The maximum atomic E-state index is 13.9. The highest BCUT2D eigenvalue weighted by molar-refractivity contribution is 7.99. The molecule has 40 heavy (non-hydrogen) atoms. The molecule has 3 heterocycles. The number of fused-ring (bicyclic) bond motifs is 3. The van der Waals surface area contributed by atoms with Gasteiger partial charge in [0, 0.05) is 48.8 Å². The van der Waals surface area contributed by atoms with Gasteiger partial charge in [0.15, 0.2) is 16.7 Å². The Hall–Kier alpha value is -4.44. The van der Waals surface area contributed by atoms with E-state index in [1.807, 2.05) is 47.4 Å². The number of amides is 1. The van der Waals surface area contributed by atoms with E-state index < -0.39 is 0 Å². The predicted molar refractivity (Wildman–Crippen MR) is 158 cm³/mol. The van der Waals surface area contributed by atoms with Crippen LogP contribution in [0.3, 0.4) is 0 Å². The number of H-pyrrole nitrogens is 1. The van der Waals surface area contributed by atoms with E-state index in [1.54, 1.807) is 32.4 Å². The molecule has 0 unspecified atom stereocenters. The second-order valence-electron chi connectivity index (χ2n) is 9.46. The van der Waals surface area contributed by atoms with E-state index in [9.17, 15) is 9.59 Å². The van der Waals surface area contributed by atoms with Gasteiger partial charge < -0.3 is 24.3 Å². The lowest BCUT2D eigenvalue weighted by Crippen LogP contribution is -2.49. The highest BCUT2D eigenvalue weighted by Crippen LogP contribution is 2.32. The first-order valence-electron chi connectivity index (χ1n) is 13.0. The van der Waals surface area contributed by atoms with Crippen molar-refractivity contribution in [1.82, 2.24) is 19.4 Å². The third kappa shape index (κ3) is 4.75. The van der Waals surface area contributed by atoms with Gasteiger partial charge in [-0.25, -0.2) is 4.98 Å². The number of aromatic nitrogens is 3. The van der Waals surface area contributed by atoms with Crippen molar-refractivity contribution in [3.8, 4) is 17.2 Å². The van der Waals surface area contributed by atoms with E-state index in [0.717, 1.165) is 24.0 Å². The zero-order valence-corrected chi connectivity index (χ0v) is 23.1. The number of para-hydroxylation sites is 2. The number of anilines is 1. The molecule has 10 heteroatoms. The Morgan fingerprint density at radius 2 is 1.62 bits per heavy atom. The van der Waals surface area contributed by atoms with E-state index in [2.05, 4.69) is 22.0 Å². The second kappa shape index (κ2) is 11.0. The van der Waals surface area contributed by atoms with Gasteiger partial charge in [0.05, 0.1) is 25.7 Å². The smallest absolute Gasteiger partial charge is 0.283 e. The quantitative estimate of drug-likeness (QED) is 0.236. The van der Waals surface area contributed by atoms with Crippen molar-refractivity contribution < 1.29 is 14.3 Å². The largest absolute Gasteiger partial charge is 0.493 e. The van der Waals surface area contributed by atoms with Crippen LogP contribution in [-0.2, 0) is 4.79 Å². The number of hydrogen-bond acceptors (Lipinski definition) is 7. The minimum Gasteiger partial charge on any atom is -0.493 e. The van der Waals surface area contributed by atoms with Gasteiger partial charge in [0.25, 0.3) is 5.56 Å². The van der Waals surface area contributed by atoms with Gasteiger partial charge in [-0.1, -0.05) is 48.2 Å². The van der Waals surface area contributed by atoms with Crippen molar-refractivity contribution in [3.05, 3.63) is 83.2 Å². The Bertz CT molecular complexity index is 1740. The van der Waals surface area contributed by atoms with Crippen molar-refractivity contribution >= 4 is 45.3 Å². The minimum atomic E-state index is -0.250. The van der Waals surface area contributed by atoms with Crippen LogP contribution in [0.2, 0.25) is 0 Å². The molecule has 5 aromatic rings. The van der Waals surface area contributed by atoms with Crippen LogP contribution in [0.5, 0.6) is 11.5 Å². The predicted octanol–water partition coefficient (Wildman–Crippen LogP) is 4.33. The molecule has 9 nitrogen and oxygen atoms in total. The van der Waals surface area contributed by atoms with Crippen LogP contribution in [0.15, 0.2) is 82.7 Å². The van der Waals surface area contributed by atoms with Crippen molar-refractivity contribution in [1.29, 1.82) is 0 Å². The molecule has 1 fully saturated rings. The molecule has 0 bridgehead atoms. The van der Waals surface area contributed by atoms with E-state index in [1.165, 1.54) is 22.0 Å². The molecule has 0 aliphatic carbocycles. The lowest BCUT2D eigenvalue weighted by molar-refractivity contribution is -0.128. The average Bonchev–Trinajstić information content (AvgIpc) is 3.39. The first-order chi connectivity index (χ1) is 19.6. The molecule has 3 aromatic carbocycles. The molecular weight excluding hydrogens is 526 g/mol. The standard InChI is InChI=1S/C30H29N5O4S/c1-38-24-13-12-21(18-25(24)39-2)35-29(37)28-27(22-10-6-7-11-23(22)31-28)32-30(35)40-19-26(36)34-16-14-33(15-17-34)20-8-4-3-5-9-20/h3-13,18,31H,14-17,19H2,1-2H3. The SMILES string of the molecule is COc1ccc(-n2c(SCC(=O)N3CCN(c4ccccc4)CC3)nc3c([nH]c4ccccc43)c2=O)cc1OC. The van der Waals surface area contributed by atoms with Gasteiger partial charge in [-0.2, -0.15) is 0 Å². The first kappa shape index (κ1) is 25.8. The molecule has 1 amide bonds. The lowest BCUT2D eigenvalue weighted by atomic mass is 10.2. The number of benzene rings is 3. The minimum absolute atomic E-state index is 0.0184. The fourth-order valence-corrected chi connectivity index (χ4v) is 6.01. The number of carbonyl (C=O) groups excluding carboxylic acids is 1. The number of piperazine rings is 1. The van der Waals surface area contributed by atoms with Gasteiger partial charge in [-0.15, -0.1) is 0 Å². The number of carbonyl (C=O) groups is 1. The molecule has 0 atom stereocenters. The number of thioether (sulfide) groups is 1. The van der Waals surface area contributed by atoms with Crippen LogP contribution in [0.25, 0.3) is 27.6 Å². The third-order valence-corrected chi connectivity index (χ3v) is 8.12. The zero-order valence-electron chi connectivity index (χ0n) is 22.3. The number of nitrogens with zero attached hydrogens (tertiary/aromatic N) is 4. The summed E-state index contributed by atoms with van der Waals surface area (Å²) >= 11 is 1.27. The summed E-state index contributed by atoms with van der Waals surface area (Å²) in [7, 11) is 3.11. The highest BCUT2D eigenvalue weighted by atomic mass is 32.2. The van der Waals surface area contributed by atoms with Crippen molar-refractivity contribution in [3.63, 3.8) is 0 Å². The molecule has 1 saturated heterocycles. The zero-order chi connectivity index (χ0) is 27.6. The molecule has 1 aliphatic rings. The maximum Gasteiger partial charge on any atom is 0.283 e. The second-order valence-corrected chi connectivity index (χ2v) is 10.4. The number of rotatable bonds is 7. The molecule has 0 radical (unpaired) electrons. The summed E-state index contributed by atoms with van der Waals surface area (Å²) in [5.41, 5.74) is 3.31. The summed E-state index contributed by atoms with van der Waals surface area (Å²) in [6.07, 6.45) is 0. The Balaban J connectivity index is 1.31. The third-order valence-electron chi connectivity index (χ3n) is 7.20. The number of methoxy groups -OCH3 is 2. The molecule has 1 aliphatic heterocycles. The van der Waals surface area contributed by atoms with E-state index in [4.69, 9.17) is 14.5 Å². The summed E-state index contributed by atoms with van der Waals surface area (Å²) < 4.78 is 12.4. The Labute approximate surface area is 235 Å². The summed E-state index contributed by atoms with van der Waals surface area (Å²) in [6, 6.07) is 23.2. The fraction of sp³-hybridized carbons (Fsp3) is 0.233. The maximum absolute atomic E-state index is 13.9. The number of hydrogen-bond donors (Lipinski definition) is 1. The van der Waals surface area contributed by atoms with Crippen LogP contribution < -0.4 is 19.9 Å². The fourth-order valence-electron chi connectivity index (χ4n) is 5.10. The molecule has 0 spiro atoms. The summed E-state index contributed by atoms with van der Waals surface area (Å²) in [5.74, 6) is 1.23. The number of ether oxygens (including phenoxy) is 2.